The Morgan fingerprint density at radius 2 is 1.96 bits per heavy atom. The molecule has 0 spiro atoms. The number of nitrogens with zero attached hydrogens (tertiary/aromatic N) is 5. The van der Waals surface area contributed by atoms with Crippen LogP contribution in [-0.2, 0) is 17.9 Å². The van der Waals surface area contributed by atoms with Gasteiger partial charge in [-0.05, 0) is 5.56 Å². The van der Waals surface area contributed by atoms with Gasteiger partial charge in [-0.25, -0.2) is 18.9 Å². The number of thioether (sulfide) groups is 1. The van der Waals surface area contributed by atoms with Crippen LogP contribution in [0, 0.1) is 0 Å². The molecule has 4 rings (SSSR count). The number of fused-ring (bicyclic) bond motifs is 1. The Labute approximate surface area is 160 Å². The summed E-state index contributed by atoms with van der Waals surface area (Å²) >= 11 is 1.90. The maximum atomic E-state index is 12.6. The molecule has 0 aliphatic carbocycles. The van der Waals surface area contributed by atoms with Crippen LogP contribution in [-0.4, -0.2) is 49.7 Å². The van der Waals surface area contributed by atoms with E-state index in [-0.39, 0.29) is 18.1 Å². The van der Waals surface area contributed by atoms with Gasteiger partial charge in [0.15, 0.2) is 5.82 Å². The van der Waals surface area contributed by atoms with Crippen LogP contribution < -0.4 is 15.9 Å². The van der Waals surface area contributed by atoms with E-state index < -0.39 is 0 Å². The molecule has 0 unspecified atom stereocenters. The van der Waals surface area contributed by atoms with Crippen molar-refractivity contribution in [1.82, 2.24) is 24.5 Å². The summed E-state index contributed by atoms with van der Waals surface area (Å²) in [6.07, 6.45) is 3.19. The molecular formula is C18H20N6O2S. The Balaban J connectivity index is 1.53. The molecule has 1 aromatic carbocycles. The average molecular weight is 384 g/mol. The van der Waals surface area contributed by atoms with E-state index in [0.717, 1.165) is 30.2 Å². The maximum absolute atomic E-state index is 12.6. The third kappa shape index (κ3) is 3.82. The van der Waals surface area contributed by atoms with Gasteiger partial charge < -0.3 is 10.2 Å². The highest BCUT2D eigenvalue weighted by molar-refractivity contribution is 7.99. The average Bonchev–Trinajstić information content (AvgIpc) is 3.03. The Morgan fingerprint density at radius 3 is 2.74 bits per heavy atom. The third-order valence-corrected chi connectivity index (χ3v) is 5.36. The van der Waals surface area contributed by atoms with Crippen molar-refractivity contribution in [1.29, 1.82) is 0 Å². The topological polar surface area (TPSA) is 84.5 Å². The Morgan fingerprint density at radius 1 is 1.19 bits per heavy atom. The molecule has 1 amide bonds. The third-order valence-electron chi connectivity index (χ3n) is 4.42. The smallest absolute Gasteiger partial charge is 0.350 e. The number of aromatic nitrogens is 4. The second kappa shape index (κ2) is 7.83. The molecule has 3 aromatic rings. The van der Waals surface area contributed by atoms with Gasteiger partial charge in [-0.2, -0.15) is 11.8 Å². The number of carbonyl (C=O) groups is 1. The second-order valence-electron chi connectivity index (χ2n) is 6.25. The van der Waals surface area contributed by atoms with Gasteiger partial charge in [-0.15, -0.1) is 5.10 Å². The van der Waals surface area contributed by atoms with Crippen molar-refractivity contribution in [3.05, 3.63) is 58.8 Å². The van der Waals surface area contributed by atoms with Gasteiger partial charge in [0, 0.05) is 43.5 Å². The van der Waals surface area contributed by atoms with Crippen molar-refractivity contribution in [2.24, 2.45) is 0 Å². The minimum absolute atomic E-state index is 0.122. The number of hydrogen-bond acceptors (Lipinski definition) is 6. The van der Waals surface area contributed by atoms with E-state index >= 15 is 0 Å². The Kier molecular flexibility index (Phi) is 5.10. The molecule has 3 heterocycles. The predicted octanol–water partition coefficient (Wildman–Crippen LogP) is 0.761. The number of rotatable bonds is 5. The van der Waals surface area contributed by atoms with Crippen LogP contribution in [0.25, 0.3) is 5.65 Å². The van der Waals surface area contributed by atoms with Crippen molar-refractivity contribution >= 4 is 29.1 Å². The molecule has 140 valence electrons. The van der Waals surface area contributed by atoms with E-state index in [1.54, 1.807) is 12.4 Å². The zero-order valence-electron chi connectivity index (χ0n) is 14.7. The van der Waals surface area contributed by atoms with Crippen molar-refractivity contribution in [2.45, 2.75) is 13.1 Å². The van der Waals surface area contributed by atoms with Gasteiger partial charge in [0.2, 0.25) is 11.6 Å². The van der Waals surface area contributed by atoms with E-state index in [9.17, 15) is 9.59 Å². The number of amides is 1. The minimum Gasteiger partial charge on any atom is -0.352 e. The Bertz CT molecular complexity index is 994. The highest BCUT2D eigenvalue weighted by atomic mass is 32.2. The fourth-order valence-corrected chi connectivity index (χ4v) is 3.93. The SMILES string of the molecule is O=C(Cn1nc2c(N3CCSCC3)nccn2c1=O)NCc1ccccc1. The first-order chi connectivity index (χ1) is 13.2. The van der Waals surface area contributed by atoms with Crippen LogP contribution in [0.3, 0.4) is 0 Å². The number of carbonyl (C=O) groups excluding carboxylic acids is 1. The summed E-state index contributed by atoms with van der Waals surface area (Å²) in [5.41, 5.74) is 1.16. The van der Waals surface area contributed by atoms with Gasteiger partial charge in [-0.1, -0.05) is 30.3 Å². The first-order valence-corrected chi connectivity index (χ1v) is 9.95. The van der Waals surface area contributed by atoms with Crippen molar-refractivity contribution in [3.63, 3.8) is 0 Å². The van der Waals surface area contributed by atoms with Gasteiger partial charge >= 0.3 is 5.69 Å². The fourth-order valence-electron chi connectivity index (χ4n) is 3.03. The molecule has 0 saturated carbocycles. The lowest BCUT2D eigenvalue weighted by atomic mass is 10.2. The quantitative estimate of drug-likeness (QED) is 0.699. The highest BCUT2D eigenvalue weighted by Crippen LogP contribution is 2.19. The molecule has 1 saturated heterocycles. The van der Waals surface area contributed by atoms with Gasteiger partial charge in [0.1, 0.15) is 6.54 Å². The molecule has 0 radical (unpaired) electrons. The molecular weight excluding hydrogens is 364 g/mol. The molecule has 1 aliphatic rings. The van der Waals surface area contributed by atoms with Crippen LogP contribution in [0.2, 0.25) is 0 Å². The molecule has 1 aliphatic heterocycles. The Hall–Kier alpha value is -2.81. The van der Waals surface area contributed by atoms with E-state index in [4.69, 9.17) is 0 Å². The van der Waals surface area contributed by atoms with Crippen LogP contribution in [0.4, 0.5) is 5.82 Å². The zero-order chi connectivity index (χ0) is 18.6. The highest BCUT2D eigenvalue weighted by Gasteiger charge is 2.19. The van der Waals surface area contributed by atoms with Crippen LogP contribution in [0.15, 0.2) is 47.5 Å². The fraction of sp³-hybridized carbons (Fsp3) is 0.333. The van der Waals surface area contributed by atoms with E-state index in [2.05, 4.69) is 20.3 Å². The lowest BCUT2D eigenvalue weighted by Gasteiger charge is -2.27. The van der Waals surface area contributed by atoms with Crippen molar-refractivity contribution in [3.8, 4) is 0 Å². The normalized spacial score (nSPS) is 14.4. The largest absolute Gasteiger partial charge is 0.352 e. The molecule has 8 nitrogen and oxygen atoms in total. The lowest BCUT2D eigenvalue weighted by molar-refractivity contribution is -0.122. The van der Waals surface area contributed by atoms with E-state index in [0.29, 0.717) is 18.0 Å². The molecule has 0 bridgehead atoms. The molecule has 1 N–H and O–H groups in total. The van der Waals surface area contributed by atoms with E-state index in [1.165, 1.54) is 9.08 Å². The summed E-state index contributed by atoms with van der Waals surface area (Å²) in [5, 5.41) is 7.20. The van der Waals surface area contributed by atoms with Gasteiger partial charge in [0.25, 0.3) is 0 Å². The van der Waals surface area contributed by atoms with Gasteiger partial charge in [-0.3, -0.25) is 4.79 Å². The van der Waals surface area contributed by atoms with Crippen molar-refractivity contribution in [2.75, 3.05) is 29.5 Å². The summed E-state index contributed by atoms with van der Waals surface area (Å²) in [4.78, 5) is 31.4. The predicted molar refractivity (Wildman–Crippen MR) is 105 cm³/mol. The monoisotopic (exact) mass is 384 g/mol. The first kappa shape index (κ1) is 17.6. The number of hydrogen-bond donors (Lipinski definition) is 1. The standard InChI is InChI=1S/C18H20N6O2S/c25-15(20-12-14-4-2-1-3-5-14)13-24-18(26)23-7-6-19-16(17(23)21-24)22-8-10-27-11-9-22/h1-7H,8-13H2,(H,20,25). The second-order valence-corrected chi connectivity index (χ2v) is 7.47. The maximum Gasteiger partial charge on any atom is 0.350 e. The summed E-state index contributed by atoms with van der Waals surface area (Å²) in [7, 11) is 0. The first-order valence-electron chi connectivity index (χ1n) is 8.80. The lowest BCUT2D eigenvalue weighted by Crippen LogP contribution is -2.33. The van der Waals surface area contributed by atoms with Crippen molar-refractivity contribution < 1.29 is 4.79 Å². The van der Waals surface area contributed by atoms with E-state index in [1.807, 2.05) is 42.1 Å². The van der Waals surface area contributed by atoms with Crippen LogP contribution in [0.1, 0.15) is 5.56 Å². The molecule has 2 aromatic heterocycles. The molecule has 0 atom stereocenters. The number of benzene rings is 1. The molecule has 27 heavy (non-hydrogen) atoms. The summed E-state index contributed by atoms with van der Waals surface area (Å²) in [5.74, 6) is 2.48. The number of anilines is 1. The van der Waals surface area contributed by atoms with Crippen LogP contribution >= 0.6 is 11.8 Å². The molecule has 9 heteroatoms. The summed E-state index contributed by atoms with van der Waals surface area (Å²) in [6.45, 7) is 2.04. The summed E-state index contributed by atoms with van der Waals surface area (Å²) in [6, 6.07) is 9.64. The van der Waals surface area contributed by atoms with Crippen LogP contribution in [0.5, 0.6) is 0 Å². The minimum atomic E-state index is -0.338. The van der Waals surface area contributed by atoms with Gasteiger partial charge in [0.05, 0.1) is 0 Å². The zero-order valence-corrected chi connectivity index (χ0v) is 15.6. The number of nitrogens with one attached hydrogen (secondary N) is 1. The summed E-state index contributed by atoms with van der Waals surface area (Å²) < 4.78 is 2.65. The molecule has 1 fully saturated rings.